The lowest BCUT2D eigenvalue weighted by Gasteiger charge is -2.09. The van der Waals surface area contributed by atoms with Gasteiger partial charge in [-0.2, -0.15) is 13.2 Å². The number of rotatable bonds is 2. The molecule has 6 nitrogen and oxygen atoms in total. The fourth-order valence-electron chi connectivity index (χ4n) is 3.22. The van der Waals surface area contributed by atoms with Crippen LogP contribution in [0.3, 0.4) is 0 Å². The molecule has 1 aliphatic rings. The summed E-state index contributed by atoms with van der Waals surface area (Å²) in [5.41, 5.74) is 0.0471. The number of nitro groups is 1. The van der Waals surface area contributed by atoms with E-state index in [1.165, 1.54) is 16.7 Å². The van der Waals surface area contributed by atoms with Crippen molar-refractivity contribution in [3.63, 3.8) is 0 Å². The van der Waals surface area contributed by atoms with E-state index in [0.717, 1.165) is 18.2 Å². The maximum absolute atomic E-state index is 13.0. The van der Waals surface area contributed by atoms with E-state index >= 15 is 0 Å². The van der Waals surface area contributed by atoms with Gasteiger partial charge in [0, 0.05) is 18.7 Å². The van der Waals surface area contributed by atoms with Crippen molar-refractivity contribution in [3.05, 3.63) is 79.9 Å². The number of aromatic nitrogens is 2. The number of nitro benzene ring substituents is 1. The molecule has 0 aliphatic carbocycles. The van der Waals surface area contributed by atoms with Crippen molar-refractivity contribution in [2.45, 2.75) is 19.1 Å². The molecule has 28 heavy (non-hydrogen) atoms. The van der Waals surface area contributed by atoms with E-state index in [2.05, 4.69) is 4.98 Å². The van der Waals surface area contributed by atoms with Crippen molar-refractivity contribution in [1.82, 2.24) is 9.55 Å². The van der Waals surface area contributed by atoms with Gasteiger partial charge in [0.25, 0.3) is 11.2 Å². The third kappa shape index (κ3) is 3.04. The average molecular weight is 387 g/mol. The molecule has 0 radical (unpaired) electrons. The van der Waals surface area contributed by atoms with E-state index in [-0.39, 0.29) is 22.1 Å². The SMILES string of the molecule is O=c1c2ccc(C(F)(F)F)cc2nc2n1CC/C2=C\c1ccc([N+](=O)[O-])cc1. The van der Waals surface area contributed by atoms with Crippen LogP contribution in [0.25, 0.3) is 22.6 Å². The third-order valence-electron chi connectivity index (χ3n) is 4.62. The lowest BCUT2D eigenvalue weighted by molar-refractivity contribution is -0.384. The Kier molecular flexibility index (Phi) is 4.02. The van der Waals surface area contributed by atoms with Gasteiger partial charge >= 0.3 is 6.18 Å². The standard InChI is InChI=1S/C19H12F3N3O3/c20-19(21,22)13-3-6-15-16(10-13)23-17-12(7-8-24(17)18(15)26)9-11-1-4-14(5-2-11)25(27)28/h1-6,9-10H,7-8H2/b12-9+. The molecule has 142 valence electrons. The molecule has 4 rings (SSSR count). The summed E-state index contributed by atoms with van der Waals surface area (Å²) in [5, 5.41) is 10.9. The van der Waals surface area contributed by atoms with E-state index in [0.29, 0.717) is 29.9 Å². The Morgan fingerprint density at radius 1 is 1.14 bits per heavy atom. The number of fused-ring (bicyclic) bond motifs is 2. The van der Waals surface area contributed by atoms with Crippen LogP contribution in [0.2, 0.25) is 0 Å². The molecule has 1 aromatic heterocycles. The number of halogens is 3. The van der Waals surface area contributed by atoms with E-state index in [1.54, 1.807) is 18.2 Å². The zero-order valence-corrected chi connectivity index (χ0v) is 14.2. The first kappa shape index (κ1) is 17.9. The largest absolute Gasteiger partial charge is 0.416 e. The number of non-ortho nitro benzene ring substituents is 1. The Morgan fingerprint density at radius 2 is 1.86 bits per heavy atom. The van der Waals surface area contributed by atoms with Crippen LogP contribution in [-0.4, -0.2) is 14.5 Å². The van der Waals surface area contributed by atoms with Gasteiger partial charge in [-0.15, -0.1) is 0 Å². The maximum Gasteiger partial charge on any atom is 0.416 e. The normalized spacial score (nSPS) is 15.2. The number of hydrogen-bond donors (Lipinski definition) is 0. The second-order valence-corrected chi connectivity index (χ2v) is 6.39. The predicted molar refractivity (Wildman–Crippen MR) is 96.6 cm³/mol. The molecule has 0 saturated heterocycles. The summed E-state index contributed by atoms with van der Waals surface area (Å²) in [4.78, 5) is 27.2. The average Bonchev–Trinajstić information content (AvgIpc) is 3.04. The van der Waals surface area contributed by atoms with Crippen LogP contribution in [0.1, 0.15) is 23.4 Å². The quantitative estimate of drug-likeness (QED) is 0.486. The minimum atomic E-state index is -4.53. The highest BCUT2D eigenvalue weighted by atomic mass is 19.4. The summed E-state index contributed by atoms with van der Waals surface area (Å²) < 4.78 is 40.4. The maximum atomic E-state index is 13.0. The zero-order chi connectivity index (χ0) is 20.1. The number of benzene rings is 2. The fourth-order valence-corrected chi connectivity index (χ4v) is 3.22. The van der Waals surface area contributed by atoms with Gasteiger partial charge < -0.3 is 0 Å². The van der Waals surface area contributed by atoms with E-state index in [9.17, 15) is 28.1 Å². The first-order valence-electron chi connectivity index (χ1n) is 8.31. The van der Waals surface area contributed by atoms with Crippen molar-refractivity contribution < 1.29 is 18.1 Å². The van der Waals surface area contributed by atoms with Crippen LogP contribution in [-0.2, 0) is 12.7 Å². The van der Waals surface area contributed by atoms with Gasteiger partial charge in [-0.25, -0.2) is 4.98 Å². The molecule has 0 bridgehead atoms. The molecule has 0 amide bonds. The Morgan fingerprint density at radius 3 is 2.50 bits per heavy atom. The molecule has 0 atom stereocenters. The van der Waals surface area contributed by atoms with Gasteiger partial charge in [0.05, 0.1) is 21.4 Å². The number of nitrogens with zero attached hydrogens (tertiary/aromatic N) is 3. The first-order chi connectivity index (χ1) is 13.2. The Hall–Kier alpha value is -3.49. The molecular weight excluding hydrogens is 375 g/mol. The van der Waals surface area contributed by atoms with E-state index < -0.39 is 16.7 Å². The molecule has 3 aromatic rings. The van der Waals surface area contributed by atoms with Crippen LogP contribution < -0.4 is 5.56 Å². The summed E-state index contributed by atoms with van der Waals surface area (Å²) >= 11 is 0. The molecule has 0 saturated carbocycles. The van der Waals surface area contributed by atoms with Gasteiger partial charge in [0.1, 0.15) is 5.82 Å². The fraction of sp³-hybridized carbons (Fsp3) is 0.158. The van der Waals surface area contributed by atoms with Gasteiger partial charge in [0.2, 0.25) is 0 Å². The molecule has 0 unspecified atom stereocenters. The van der Waals surface area contributed by atoms with Gasteiger partial charge in [0.15, 0.2) is 0 Å². The molecule has 9 heteroatoms. The lowest BCUT2D eigenvalue weighted by Crippen LogP contribution is -2.21. The van der Waals surface area contributed by atoms with Crippen molar-refractivity contribution in [1.29, 1.82) is 0 Å². The number of hydrogen-bond acceptors (Lipinski definition) is 4. The second-order valence-electron chi connectivity index (χ2n) is 6.39. The molecule has 2 aromatic carbocycles. The Balaban J connectivity index is 1.82. The first-order valence-corrected chi connectivity index (χ1v) is 8.31. The highest BCUT2D eigenvalue weighted by Crippen LogP contribution is 2.32. The topological polar surface area (TPSA) is 78.0 Å². The van der Waals surface area contributed by atoms with Gasteiger partial charge in [-0.1, -0.05) is 0 Å². The number of allylic oxidation sites excluding steroid dienone is 1. The minimum absolute atomic E-state index is 0.0115. The van der Waals surface area contributed by atoms with Gasteiger partial charge in [-0.3, -0.25) is 19.5 Å². The summed E-state index contributed by atoms with van der Waals surface area (Å²) in [6.45, 7) is 0.372. The number of alkyl halides is 3. The smallest absolute Gasteiger partial charge is 0.292 e. The van der Waals surface area contributed by atoms with Crippen LogP contribution >= 0.6 is 0 Å². The highest BCUT2D eigenvalue weighted by molar-refractivity contribution is 5.85. The summed E-state index contributed by atoms with van der Waals surface area (Å²) in [6.07, 6.45) is -2.31. The lowest BCUT2D eigenvalue weighted by atomic mass is 10.1. The summed E-state index contributed by atoms with van der Waals surface area (Å²) in [6, 6.07) is 8.75. The Bertz CT molecular complexity index is 1200. The van der Waals surface area contributed by atoms with Crippen molar-refractivity contribution in [2.24, 2.45) is 0 Å². The minimum Gasteiger partial charge on any atom is -0.292 e. The molecular formula is C19H12F3N3O3. The molecule has 2 heterocycles. The molecule has 0 fully saturated rings. The Labute approximate surface area is 155 Å². The molecule has 0 N–H and O–H groups in total. The second kappa shape index (κ2) is 6.29. The van der Waals surface area contributed by atoms with Crippen molar-refractivity contribution in [3.8, 4) is 0 Å². The highest BCUT2D eigenvalue weighted by Gasteiger charge is 2.31. The predicted octanol–water partition coefficient (Wildman–Crippen LogP) is 4.27. The van der Waals surface area contributed by atoms with Crippen molar-refractivity contribution in [2.75, 3.05) is 0 Å². The van der Waals surface area contributed by atoms with Crippen LogP contribution in [0, 0.1) is 10.1 Å². The van der Waals surface area contributed by atoms with Crippen LogP contribution in [0.4, 0.5) is 18.9 Å². The monoisotopic (exact) mass is 387 g/mol. The van der Waals surface area contributed by atoms with Crippen molar-refractivity contribution >= 4 is 28.2 Å². The van der Waals surface area contributed by atoms with Crippen LogP contribution in [0.15, 0.2) is 47.3 Å². The zero-order valence-electron chi connectivity index (χ0n) is 14.2. The van der Waals surface area contributed by atoms with Crippen LogP contribution in [0.5, 0.6) is 0 Å². The summed E-state index contributed by atoms with van der Waals surface area (Å²) in [7, 11) is 0. The van der Waals surface area contributed by atoms with Gasteiger partial charge in [-0.05, 0) is 54.0 Å². The molecule has 1 aliphatic heterocycles. The summed E-state index contributed by atoms with van der Waals surface area (Å²) in [5.74, 6) is 0.315. The third-order valence-corrected chi connectivity index (χ3v) is 4.62. The van der Waals surface area contributed by atoms with E-state index in [1.807, 2.05) is 0 Å². The molecule has 0 spiro atoms. The van der Waals surface area contributed by atoms with E-state index in [4.69, 9.17) is 0 Å².